The van der Waals surface area contributed by atoms with Crippen LogP contribution in [0.5, 0.6) is 10.9 Å². The molecule has 0 atom stereocenters. The number of carbonyl (C=O) groups excluding carboxylic acids is 1. The van der Waals surface area contributed by atoms with E-state index >= 15 is 0 Å². The van der Waals surface area contributed by atoms with E-state index in [9.17, 15) is 4.79 Å². The minimum atomic E-state index is -0.554. The van der Waals surface area contributed by atoms with E-state index in [-0.39, 0.29) is 6.10 Å². The van der Waals surface area contributed by atoms with Crippen LogP contribution in [0.2, 0.25) is 0 Å². The molecule has 0 spiro atoms. The second-order valence-electron chi connectivity index (χ2n) is 5.34. The molecule has 1 N–H and O–H groups in total. The number of rotatable bonds is 5. The zero-order valence-electron chi connectivity index (χ0n) is 13.4. The van der Waals surface area contributed by atoms with Crippen molar-refractivity contribution in [2.24, 2.45) is 0 Å². The molecule has 0 bridgehead atoms. The SMILES string of the molecule is CC(C)Oc1ccccc1CNC(=O)Oc1nc2ccncc2s1. The van der Waals surface area contributed by atoms with Crippen molar-refractivity contribution in [3.05, 3.63) is 48.3 Å². The first-order valence-corrected chi connectivity index (χ1v) is 8.34. The van der Waals surface area contributed by atoms with Gasteiger partial charge in [0.25, 0.3) is 5.19 Å². The molecule has 0 fully saturated rings. The molecule has 1 aromatic carbocycles. The third-order valence-corrected chi connectivity index (χ3v) is 3.99. The number of amides is 1. The Morgan fingerprint density at radius 1 is 1.29 bits per heavy atom. The van der Waals surface area contributed by atoms with Gasteiger partial charge in [0.05, 0.1) is 16.3 Å². The minimum Gasteiger partial charge on any atom is -0.491 e. The zero-order chi connectivity index (χ0) is 16.9. The number of nitrogens with one attached hydrogen (secondary N) is 1. The van der Waals surface area contributed by atoms with E-state index < -0.39 is 6.09 Å². The number of pyridine rings is 1. The van der Waals surface area contributed by atoms with Gasteiger partial charge in [0.1, 0.15) is 5.75 Å². The van der Waals surface area contributed by atoms with E-state index in [4.69, 9.17) is 9.47 Å². The molecule has 0 aliphatic heterocycles. The van der Waals surface area contributed by atoms with E-state index in [2.05, 4.69) is 15.3 Å². The Labute approximate surface area is 143 Å². The van der Waals surface area contributed by atoms with Gasteiger partial charge in [0, 0.05) is 24.5 Å². The lowest BCUT2D eigenvalue weighted by molar-refractivity contribution is 0.199. The molecule has 6 nitrogen and oxygen atoms in total. The van der Waals surface area contributed by atoms with Crippen LogP contribution in [0.1, 0.15) is 19.4 Å². The summed E-state index contributed by atoms with van der Waals surface area (Å²) in [5.41, 5.74) is 1.64. The molecule has 1 amide bonds. The van der Waals surface area contributed by atoms with Crippen LogP contribution < -0.4 is 14.8 Å². The Bertz CT molecular complexity index is 815. The Morgan fingerprint density at radius 3 is 2.92 bits per heavy atom. The highest BCUT2D eigenvalue weighted by atomic mass is 32.1. The predicted molar refractivity (Wildman–Crippen MR) is 92.5 cm³/mol. The van der Waals surface area contributed by atoms with E-state index in [0.29, 0.717) is 11.7 Å². The molecule has 0 saturated carbocycles. The molecular formula is C17H17N3O3S. The first-order valence-electron chi connectivity index (χ1n) is 7.52. The fourth-order valence-electron chi connectivity index (χ4n) is 2.10. The van der Waals surface area contributed by atoms with E-state index in [0.717, 1.165) is 21.5 Å². The molecule has 24 heavy (non-hydrogen) atoms. The molecule has 7 heteroatoms. The van der Waals surface area contributed by atoms with E-state index in [1.807, 2.05) is 38.1 Å². The van der Waals surface area contributed by atoms with Crippen LogP contribution in [0.4, 0.5) is 4.79 Å². The van der Waals surface area contributed by atoms with Gasteiger partial charge in [-0.15, -0.1) is 0 Å². The van der Waals surface area contributed by atoms with Crippen LogP contribution in [0.3, 0.4) is 0 Å². The van der Waals surface area contributed by atoms with Crippen molar-refractivity contribution >= 4 is 27.6 Å². The maximum Gasteiger partial charge on any atom is 0.414 e. The number of hydrogen-bond acceptors (Lipinski definition) is 6. The third kappa shape index (κ3) is 3.99. The van der Waals surface area contributed by atoms with Crippen molar-refractivity contribution in [3.63, 3.8) is 0 Å². The first kappa shape index (κ1) is 16.2. The highest BCUT2D eigenvalue weighted by Gasteiger charge is 2.11. The molecule has 0 aliphatic rings. The number of ether oxygens (including phenoxy) is 2. The lowest BCUT2D eigenvalue weighted by Crippen LogP contribution is -2.26. The maximum atomic E-state index is 12.0. The molecular weight excluding hydrogens is 326 g/mol. The normalized spacial score (nSPS) is 10.8. The Morgan fingerprint density at radius 2 is 2.12 bits per heavy atom. The van der Waals surface area contributed by atoms with Gasteiger partial charge in [0.15, 0.2) is 0 Å². The van der Waals surface area contributed by atoms with Crippen LogP contribution >= 0.6 is 11.3 Å². The topological polar surface area (TPSA) is 73.3 Å². The largest absolute Gasteiger partial charge is 0.491 e. The smallest absolute Gasteiger partial charge is 0.414 e. The van der Waals surface area contributed by atoms with Gasteiger partial charge in [-0.1, -0.05) is 29.5 Å². The molecule has 0 saturated heterocycles. The van der Waals surface area contributed by atoms with Gasteiger partial charge in [-0.3, -0.25) is 4.98 Å². The quantitative estimate of drug-likeness (QED) is 0.763. The van der Waals surface area contributed by atoms with Gasteiger partial charge >= 0.3 is 6.09 Å². The summed E-state index contributed by atoms with van der Waals surface area (Å²) in [5.74, 6) is 0.749. The van der Waals surface area contributed by atoms with Crippen LogP contribution in [0.25, 0.3) is 10.2 Å². The number of hydrogen-bond donors (Lipinski definition) is 1. The Kier molecular flexibility index (Phi) is 4.90. The summed E-state index contributed by atoms with van der Waals surface area (Å²) >= 11 is 1.28. The summed E-state index contributed by atoms with van der Waals surface area (Å²) in [6.07, 6.45) is 2.85. The number of benzene rings is 1. The van der Waals surface area contributed by atoms with Crippen molar-refractivity contribution in [1.82, 2.24) is 15.3 Å². The highest BCUT2D eigenvalue weighted by molar-refractivity contribution is 7.20. The predicted octanol–water partition coefficient (Wildman–Crippen LogP) is 3.77. The average molecular weight is 343 g/mol. The van der Waals surface area contributed by atoms with Crippen molar-refractivity contribution in [3.8, 4) is 10.9 Å². The second kappa shape index (κ2) is 7.27. The molecule has 2 aromatic heterocycles. The van der Waals surface area contributed by atoms with E-state index in [1.165, 1.54) is 11.3 Å². The van der Waals surface area contributed by atoms with Gasteiger partial charge < -0.3 is 14.8 Å². The number of aromatic nitrogens is 2. The van der Waals surface area contributed by atoms with Crippen molar-refractivity contribution < 1.29 is 14.3 Å². The third-order valence-electron chi connectivity index (χ3n) is 3.11. The number of nitrogens with zero attached hydrogens (tertiary/aromatic N) is 2. The molecule has 124 valence electrons. The zero-order valence-corrected chi connectivity index (χ0v) is 14.2. The van der Waals surface area contributed by atoms with Crippen LogP contribution in [0.15, 0.2) is 42.7 Å². The van der Waals surface area contributed by atoms with Crippen LogP contribution in [-0.4, -0.2) is 22.2 Å². The lowest BCUT2D eigenvalue weighted by Gasteiger charge is -2.14. The first-order chi connectivity index (χ1) is 11.6. The number of fused-ring (bicyclic) bond motifs is 1. The lowest BCUT2D eigenvalue weighted by atomic mass is 10.2. The summed E-state index contributed by atoms with van der Waals surface area (Å²) < 4.78 is 11.8. The van der Waals surface area contributed by atoms with Gasteiger partial charge in [-0.2, -0.15) is 0 Å². The average Bonchev–Trinajstić information content (AvgIpc) is 2.95. The Balaban J connectivity index is 1.61. The summed E-state index contributed by atoms with van der Waals surface area (Å²) in [5, 5.41) is 3.01. The van der Waals surface area contributed by atoms with Crippen molar-refractivity contribution in [1.29, 1.82) is 0 Å². The molecule has 3 aromatic rings. The molecule has 0 radical (unpaired) electrons. The van der Waals surface area contributed by atoms with Crippen LogP contribution in [-0.2, 0) is 6.54 Å². The second-order valence-corrected chi connectivity index (χ2v) is 6.33. The Hall–Kier alpha value is -2.67. The molecule has 3 rings (SSSR count). The summed E-state index contributed by atoms with van der Waals surface area (Å²) in [4.78, 5) is 20.2. The minimum absolute atomic E-state index is 0.0643. The summed E-state index contributed by atoms with van der Waals surface area (Å²) in [6, 6.07) is 9.35. The summed E-state index contributed by atoms with van der Waals surface area (Å²) in [7, 11) is 0. The van der Waals surface area contributed by atoms with E-state index in [1.54, 1.807) is 18.5 Å². The van der Waals surface area contributed by atoms with Crippen molar-refractivity contribution in [2.45, 2.75) is 26.5 Å². The number of carbonyl (C=O) groups is 1. The monoisotopic (exact) mass is 343 g/mol. The van der Waals surface area contributed by atoms with Gasteiger partial charge in [0.2, 0.25) is 0 Å². The molecule has 0 unspecified atom stereocenters. The fourth-order valence-corrected chi connectivity index (χ4v) is 2.89. The standard InChI is InChI=1S/C17H17N3O3S/c1-11(2)22-14-6-4-3-5-12(14)9-19-16(21)23-17-20-13-7-8-18-10-15(13)24-17/h3-8,10-11H,9H2,1-2H3,(H,19,21). The maximum absolute atomic E-state index is 12.0. The fraction of sp³-hybridized carbons (Fsp3) is 0.235. The van der Waals surface area contributed by atoms with Crippen molar-refractivity contribution in [2.75, 3.05) is 0 Å². The van der Waals surface area contributed by atoms with Crippen LogP contribution in [0, 0.1) is 0 Å². The highest BCUT2D eigenvalue weighted by Crippen LogP contribution is 2.26. The van der Waals surface area contributed by atoms with Gasteiger partial charge in [-0.05, 0) is 26.0 Å². The molecule has 0 aliphatic carbocycles. The van der Waals surface area contributed by atoms with Gasteiger partial charge in [-0.25, -0.2) is 9.78 Å². The summed E-state index contributed by atoms with van der Waals surface area (Å²) in [6.45, 7) is 4.23. The number of para-hydroxylation sites is 1. The number of thiazole rings is 1. The molecule has 2 heterocycles.